The zero-order chi connectivity index (χ0) is 15.5. The second-order valence-electron chi connectivity index (χ2n) is 6.73. The monoisotopic (exact) mass is 287 g/mol. The molecule has 1 radical (unpaired) electrons. The highest BCUT2D eigenvalue weighted by Gasteiger charge is 2.27. The van der Waals surface area contributed by atoms with Crippen LogP contribution in [0, 0.1) is 6.92 Å². The predicted molar refractivity (Wildman–Crippen MR) is 85.2 cm³/mol. The van der Waals surface area contributed by atoms with Crippen molar-refractivity contribution in [3.8, 4) is 0 Å². The average molecular weight is 287 g/mol. The number of hydrogen-bond acceptors (Lipinski definition) is 3. The molecule has 0 unspecified atom stereocenters. The molecule has 2 rings (SSSR count). The first-order valence-electron chi connectivity index (χ1n) is 7.59. The van der Waals surface area contributed by atoms with E-state index in [1.165, 1.54) is 5.56 Å². The predicted octanol–water partition coefficient (Wildman–Crippen LogP) is 2.54. The van der Waals surface area contributed by atoms with Crippen LogP contribution in [0.1, 0.15) is 39.2 Å². The summed E-state index contributed by atoms with van der Waals surface area (Å²) in [5, 5.41) is 0. The van der Waals surface area contributed by atoms with E-state index in [4.69, 9.17) is 4.74 Å². The summed E-state index contributed by atoms with van der Waals surface area (Å²) in [4.78, 5) is 18.2. The fourth-order valence-corrected chi connectivity index (χ4v) is 2.47. The molecule has 0 N–H and O–H groups in total. The van der Waals surface area contributed by atoms with Gasteiger partial charge in [0, 0.05) is 19.3 Å². The van der Waals surface area contributed by atoms with Crippen molar-refractivity contribution in [3.63, 3.8) is 0 Å². The van der Waals surface area contributed by atoms with E-state index >= 15 is 0 Å². The summed E-state index contributed by atoms with van der Waals surface area (Å²) in [7, 11) is 2.22. The average Bonchev–Trinajstić information content (AvgIpc) is 2.37. The fraction of sp³-hybridized carbons (Fsp3) is 0.625. The topological polar surface area (TPSA) is 42.4 Å². The summed E-state index contributed by atoms with van der Waals surface area (Å²) < 4.78 is 5.41. The van der Waals surface area contributed by atoms with Crippen LogP contribution in [0.3, 0.4) is 0 Å². The standard InChI is InChI=1S/C16H24BN2O2/c1-12-5-8-18-14(11-12)17-13-6-9-19(10-7-13)15(20)21-16(2,3)4/h5,8,11,13H,6-7,9-10H2,1-4H3. The molecule has 21 heavy (non-hydrogen) atoms. The molecular weight excluding hydrogens is 263 g/mol. The molecular formula is C16H24BN2O2. The number of likely N-dealkylation sites (tertiary alicyclic amines) is 1. The third-order valence-corrected chi connectivity index (χ3v) is 3.53. The van der Waals surface area contributed by atoms with Crippen molar-refractivity contribution in [2.75, 3.05) is 13.1 Å². The molecule has 0 spiro atoms. The number of nitrogens with zero attached hydrogens (tertiary/aromatic N) is 2. The van der Waals surface area contributed by atoms with Crippen molar-refractivity contribution in [2.45, 2.75) is 52.0 Å². The first kappa shape index (κ1) is 15.9. The fourth-order valence-electron chi connectivity index (χ4n) is 2.47. The third kappa shape index (κ3) is 5.07. The van der Waals surface area contributed by atoms with E-state index in [1.54, 1.807) is 4.90 Å². The van der Waals surface area contributed by atoms with Gasteiger partial charge in [-0.1, -0.05) is 5.82 Å². The van der Waals surface area contributed by atoms with Crippen molar-refractivity contribution in [3.05, 3.63) is 23.9 Å². The van der Waals surface area contributed by atoms with Crippen molar-refractivity contribution >= 4 is 19.0 Å². The maximum Gasteiger partial charge on any atom is 0.410 e. The number of pyridine rings is 1. The molecule has 1 aliphatic heterocycles. The maximum atomic E-state index is 12.0. The number of carbonyl (C=O) groups excluding carboxylic acids is 1. The molecule has 4 nitrogen and oxygen atoms in total. The van der Waals surface area contributed by atoms with Crippen molar-refractivity contribution in [1.29, 1.82) is 0 Å². The van der Waals surface area contributed by atoms with E-state index in [-0.39, 0.29) is 6.09 Å². The molecule has 1 amide bonds. The highest BCUT2D eigenvalue weighted by Crippen LogP contribution is 2.23. The van der Waals surface area contributed by atoms with Gasteiger partial charge in [-0.25, -0.2) is 4.79 Å². The van der Waals surface area contributed by atoms with Crippen LogP contribution < -0.4 is 5.59 Å². The Hall–Kier alpha value is -1.52. The Morgan fingerprint density at radius 3 is 2.62 bits per heavy atom. The van der Waals surface area contributed by atoms with E-state index in [0.29, 0.717) is 5.82 Å². The van der Waals surface area contributed by atoms with Crippen LogP contribution in [0.5, 0.6) is 0 Å². The SMILES string of the molecule is Cc1ccnc([B]C2CCN(C(=O)OC(C)(C)C)CC2)c1. The van der Waals surface area contributed by atoms with E-state index in [0.717, 1.165) is 31.5 Å². The maximum absolute atomic E-state index is 12.0. The lowest BCUT2D eigenvalue weighted by Crippen LogP contribution is -2.42. The molecule has 1 aliphatic rings. The Labute approximate surface area is 128 Å². The summed E-state index contributed by atoms with van der Waals surface area (Å²) in [6.07, 6.45) is 3.58. The summed E-state index contributed by atoms with van der Waals surface area (Å²) in [6.45, 7) is 9.27. The van der Waals surface area contributed by atoms with Gasteiger partial charge in [0.1, 0.15) is 5.60 Å². The van der Waals surface area contributed by atoms with Gasteiger partial charge in [0.15, 0.2) is 7.28 Å². The van der Waals surface area contributed by atoms with Crippen molar-refractivity contribution in [1.82, 2.24) is 9.88 Å². The first-order chi connectivity index (χ1) is 9.83. The number of amides is 1. The Bertz CT molecular complexity index is 491. The number of rotatable bonds is 2. The van der Waals surface area contributed by atoms with Gasteiger partial charge in [-0.3, -0.25) is 4.98 Å². The zero-order valence-electron chi connectivity index (χ0n) is 13.4. The van der Waals surface area contributed by atoms with Crippen molar-refractivity contribution < 1.29 is 9.53 Å². The lowest BCUT2D eigenvalue weighted by atomic mass is 9.58. The molecule has 1 aromatic heterocycles. The number of carbonyl (C=O) groups is 1. The minimum Gasteiger partial charge on any atom is -0.444 e. The van der Waals surface area contributed by atoms with Gasteiger partial charge < -0.3 is 9.64 Å². The second-order valence-corrected chi connectivity index (χ2v) is 6.73. The minimum atomic E-state index is -0.425. The molecule has 1 saturated heterocycles. The highest BCUT2D eigenvalue weighted by molar-refractivity contribution is 6.53. The Balaban J connectivity index is 1.82. The Morgan fingerprint density at radius 1 is 1.38 bits per heavy atom. The van der Waals surface area contributed by atoms with Gasteiger partial charge in [0.05, 0.1) is 0 Å². The highest BCUT2D eigenvalue weighted by atomic mass is 16.6. The van der Waals surface area contributed by atoms with Crippen LogP contribution >= 0.6 is 0 Å². The summed E-state index contributed by atoms with van der Waals surface area (Å²) in [5.74, 6) is 0.484. The molecule has 0 bridgehead atoms. The number of ether oxygens (including phenoxy) is 1. The van der Waals surface area contributed by atoms with Gasteiger partial charge in [-0.15, -0.1) is 0 Å². The summed E-state index contributed by atoms with van der Waals surface area (Å²) in [6, 6.07) is 4.10. The lowest BCUT2D eigenvalue weighted by molar-refractivity contribution is 0.0216. The Kier molecular flexibility index (Phi) is 4.91. The number of aryl methyl sites for hydroxylation is 1. The minimum absolute atomic E-state index is 0.199. The molecule has 5 heteroatoms. The third-order valence-electron chi connectivity index (χ3n) is 3.53. The van der Waals surface area contributed by atoms with E-state index in [2.05, 4.69) is 25.3 Å². The van der Waals surface area contributed by atoms with Gasteiger partial charge in [-0.2, -0.15) is 0 Å². The second kappa shape index (κ2) is 6.50. The molecule has 1 aromatic rings. The molecule has 0 aromatic carbocycles. The van der Waals surface area contributed by atoms with E-state index < -0.39 is 5.60 Å². The molecule has 113 valence electrons. The van der Waals surface area contributed by atoms with E-state index in [9.17, 15) is 4.79 Å². The van der Waals surface area contributed by atoms with Gasteiger partial charge in [-0.05, 0) is 63.8 Å². The molecule has 2 heterocycles. The van der Waals surface area contributed by atoms with Crippen LogP contribution in [0.2, 0.25) is 5.82 Å². The lowest BCUT2D eigenvalue weighted by Gasteiger charge is -2.33. The Morgan fingerprint density at radius 2 is 2.05 bits per heavy atom. The normalized spacial score (nSPS) is 16.7. The van der Waals surface area contributed by atoms with Crippen LogP contribution in [0.4, 0.5) is 4.79 Å². The largest absolute Gasteiger partial charge is 0.444 e. The van der Waals surface area contributed by atoms with Crippen LogP contribution in [-0.2, 0) is 4.74 Å². The number of hydrogen-bond donors (Lipinski definition) is 0. The molecule has 0 saturated carbocycles. The number of piperidine rings is 1. The van der Waals surface area contributed by atoms with E-state index in [1.807, 2.05) is 33.0 Å². The summed E-state index contributed by atoms with van der Waals surface area (Å²) >= 11 is 0. The van der Waals surface area contributed by atoms with Crippen molar-refractivity contribution in [2.24, 2.45) is 0 Å². The van der Waals surface area contributed by atoms with Gasteiger partial charge in [0.25, 0.3) is 0 Å². The van der Waals surface area contributed by atoms with Gasteiger partial charge >= 0.3 is 6.09 Å². The van der Waals surface area contributed by atoms with Crippen LogP contribution in [-0.4, -0.2) is 41.9 Å². The zero-order valence-corrected chi connectivity index (χ0v) is 13.4. The van der Waals surface area contributed by atoms with Crippen LogP contribution in [0.25, 0.3) is 0 Å². The smallest absolute Gasteiger partial charge is 0.410 e. The molecule has 0 atom stereocenters. The number of aromatic nitrogens is 1. The van der Waals surface area contributed by atoms with Crippen LogP contribution in [0.15, 0.2) is 18.3 Å². The van der Waals surface area contributed by atoms with Gasteiger partial charge in [0.2, 0.25) is 0 Å². The molecule has 1 fully saturated rings. The quantitative estimate of drug-likeness (QED) is 0.785. The first-order valence-corrected chi connectivity index (χ1v) is 7.59. The summed E-state index contributed by atoms with van der Waals surface area (Å²) in [5.41, 5.74) is 1.83. The molecule has 0 aliphatic carbocycles.